The lowest BCUT2D eigenvalue weighted by Crippen LogP contribution is -2.14. The Kier molecular flexibility index (Phi) is 3.85. The molecule has 8 heteroatoms. The molecular formula is C21H17N3O4S. The maximum Gasteiger partial charge on any atom is 0.262 e. The smallest absolute Gasteiger partial charge is 0.262 e. The first-order chi connectivity index (χ1) is 13.9. The van der Waals surface area contributed by atoms with Crippen molar-refractivity contribution in [1.29, 1.82) is 0 Å². The van der Waals surface area contributed by atoms with Gasteiger partial charge in [0.15, 0.2) is 0 Å². The minimum Gasteiger partial charge on any atom is -0.326 e. The lowest BCUT2D eigenvalue weighted by atomic mass is 10.1. The predicted octanol–water partition coefficient (Wildman–Crippen LogP) is 3.55. The zero-order valence-electron chi connectivity index (χ0n) is 15.2. The van der Waals surface area contributed by atoms with E-state index in [2.05, 4.69) is 15.4 Å². The average Bonchev–Trinajstić information content (AvgIpc) is 3.49. The van der Waals surface area contributed by atoms with Crippen molar-refractivity contribution in [3.05, 3.63) is 60.2 Å². The minimum absolute atomic E-state index is 0.00521. The number of rotatable bonds is 5. The molecule has 29 heavy (non-hydrogen) atoms. The van der Waals surface area contributed by atoms with Crippen LogP contribution in [0.2, 0.25) is 0 Å². The summed E-state index contributed by atoms with van der Waals surface area (Å²) >= 11 is 0. The predicted molar refractivity (Wildman–Crippen MR) is 111 cm³/mol. The van der Waals surface area contributed by atoms with Gasteiger partial charge in [-0.1, -0.05) is 12.1 Å². The normalized spacial score (nSPS) is 15.2. The van der Waals surface area contributed by atoms with Crippen molar-refractivity contribution < 1.29 is 18.0 Å². The number of hydrogen-bond acceptors (Lipinski definition) is 4. The van der Waals surface area contributed by atoms with Crippen LogP contribution >= 0.6 is 0 Å². The minimum atomic E-state index is -3.88. The van der Waals surface area contributed by atoms with E-state index in [1.54, 1.807) is 48.5 Å². The number of anilines is 3. The van der Waals surface area contributed by atoms with E-state index in [1.807, 2.05) is 0 Å². The molecule has 0 atom stereocenters. The Balaban J connectivity index is 1.44. The van der Waals surface area contributed by atoms with Gasteiger partial charge in [-0.3, -0.25) is 14.3 Å². The number of sulfonamides is 1. The van der Waals surface area contributed by atoms with E-state index in [4.69, 9.17) is 0 Å². The molecule has 0 bridgehead atoms. The van der Waals surface area contributed by atoms with Gasteiger partial charge < -0.3 is 10.6 Å². The van der Waals surface area contributed by atoms with Crippen molar-refractivity contribution >= 4 is 49.7 Å². The summed E-state index contributed by atoms with van der Waals surface area (Å²) in [5.74, 6) is -0.148. The molecule has 1 heterocycles. The molecule has 0 radical (unpaired) electrons. The lowest BCUT2D eigenvalue weighted by Gasteiger charge is -2.12. The summed E-state index contributed by atoms with van der Waals surface area (Å²) in [7, 11) is -3.88. The number of amides is 2. The third-order valence-electron chi connectivity index (χ3n) is 5.14. The lowest BCUT2D eigenvalue weighted by molar-refractivity contribution is -0.117. The van der Waals surface area contributed by atoms with Gasteiger partial charge >= 0.3 is 0 Å². The summed E-state index contributed by atoms with van der Waals surface area (Å²) in [5.41, 5.74) is 2.08. The third-order valence-corrected chi connectivity index (χ3v) is 6.58. The molecule has 3 N–H and O–H groups in total. The van der Waals surface area contributed by atoms with E-state index in [1.165, 1.54) is 6.07 Å². The summed E-state index contributed by atoms with van der Waals surface area (Å²) in [4.78, 5) is 24.0. The van der Waals surface area contributed by atoms with Gasteiger partial charge in [0.05, 0.1) is 4.90 Å². The fourth-order valence-electron chi connectivity index (χ4n) is 3.52. The van der Waals surface area contributed by atoms with Crippen LogP contribution < -0.4 is 15.4 Å². The van der Waals surface area contributed by atoms with Crippen molar-refractivity contribution in [1.82, 2.24) is 0 Å². The van der Waals surface area contributed by atoms with E-state index in [0.717, 1.165) is 12.8 Å². The zero-order valence-corrected chi connectivity index (χ0v) is 16.0. The van der Waals surface area contributed by atoms with Crippen molar-refractivity contribution in [3.63, 3.8) is 0 Å². The highest BCUT2D eigenvalue weighted by Gasteiger charge is 2.29. The van der Waals surface area contributed by atoms with Crippen LogP contribution in [-0.4, -0.2) is 20.2 Å². The van der Waals surface area contributed by atoms with Crippen molar-refractivity contribution in [2.45, 2.75) is 17.7 Å². The third kappa shape index (κ3) is 3.11. The molecule has 0 aromatic heterocycles. The highest BCUT2D eigenvalue weighted by atomic mass is 32.2. The van der Waals surface area contributed by atoms with Gasteiger partial charge in [-0.2, -0.15) is 0 Å². The van der Waals surface area contributed by atoms with Crippen molar-refractivity contribution in [2.24, 2.45) is 5.92 Å². The van der Waals surface area contributed by atoms with Gasteiger partial charge in [-0.25, -0.2) is 8.42 Å². The Hall–Kier alpha value is -3.39. The molecule has 1 aliphatic heterocycles. The Labute approximate surface area is 167 Å². The van der Waals surface area contributed by atoms with Crippen LogP contribution in [0.3, 0.4) is 0 Å². The number of nitrogens with one attached hydrogen (secondary N) is 3. The second-order valence-electron chi connectivity index (χ2n) is 7.24. The molecular weight excluding hydrogens is 390 g/mol. The Morgan fingerprint density at radius 2 is 1.69 bits per heavy atom. The van der Waals surface area contributed by atoms with E-state index in [9.17, 15) is 18.0 Å². The van der Waals surface area contributed by atoms with Gasteiger partial charge in [-0.15, -0.1) is 0 Å². The molecule has 5 rings (SSSR count). The molecule has 3 aromatic rings. The summed E-state index contributed by atoms with van der Waals surface area (Å²) in [6, 6.07) is 14.6. The van der Waals surface area contributed by atoms with Crippen LogP contribution in [0, 0.1) is 5.92 Å². The quantitative estimate of drug-likeness (QED) is 0.601. The molecule has 2 amide bonds. The SMILES string of the molecule is O=C1Nc2ccc(S(=O)(=O)Nc3ccc(NC(=O)C4CC4)cc3)c3cccc1c23. The van der Waals surface area contributed by atoms with E-state index in [-0.39, 0.29) is 22.6 Å². The van der Waals surface area contributed by atoms with Gasteiger partial charge in [0.2, 0.25) is 5.91 Å². The number of carbonyl (C=O) groups excluding carboxylic acids is 2. The molecule has 1 saturated carbocycles. The van der Waals surface area contributed by atoms with Gasteiger partial charge in [0, 0.05) is 39.3 Å². The molecule has 0 spiro atoms. The van der Waals surface area contributed by atoms with Crippen molar-refractivity contribution in [2.75, 3.05) is 15.4 Å². The van der Waals surface area contributed by atoms with E-state index in [0.29, 0.717) is 33.4 Å². The highest BCUT2D eigenvalue weighted by molar-refractivity contribution is 7.93. The number of benzene rings is 3. The van der Waals surface area contributed by atoms with Gasteiger partial charge in [0.1, 0.15) is 0 Å². The Bertz CT molecular complexity index is 1280. The molecule has 1 aliphatic carbocycles. The summed E-state index contributed by atoms with van der Waals surface area (Å²) in [6.45, 7) is 0. The van der Waals surface area contributed by atoms with Crippen LogP contribution in [0.25, 0.3) is 10.8 Å². The average molecular weight is 407 g/mol. The molecule has 7 nitrogen and oxygen atoms in total. The molecule has 0 saturated heterocycles. The Morgan fingerprint density at radius 1 is 0.966 bits per heavy atom. The topological polar surface area (TPSA) is 104 Å². The zero-order chi connectivity index (χ0) is 20.2. The summed E-state index contributed by atoms with van der Waals surface area (Å²) < 4.78 is 28.6. The highest BCUT2D eigenvalue weighted by Crippen LogP contribution is 2.37. The van der Waals surface area contributed by atoms with E-state index >= 15 is 0 Å². The second-order valence-corrected chi connectivity index (χ2v) is 8.89. The fraction of sp³-hybridized carbons (Fsp3) is 0.143. The summed E-state index contributed by atoms with van der Waals surface area (Å²) in [6.07, 6.45) is 1.83. The van der Waals surface area contributed by atoms with Crippen molar-refractivity contribution in [3.8, 4) is 0 Å². The molecule has 3 aromatic carbocycles. The standard InChI is InChI=1S/C21H17N3O4S/c25-20(12-4-5-12)22-13-6-8-14(9-7-13)24-29(27,28)18-11-10-17-19-15(18)2-1-3-16(19)21(26)23-17/h1-3,6-12,24H,4-5H2,(H,22,25)(H,23,26). The number of hydrogen-bond donors (Lipinski definition) is 3. The largest absolute Gasteiger partial charge is 0.326 e. The van der Waals surface area contributed by atoms with Crippen LogP contribution in [0.5, 0.6) is 0 Å². The fourth-order valence-corrected chi connectivity index (χ4v) is 4.78. The van der Waals surface area contributed by atoms with Crippen LogP contribution in [-0.2, 0) is 14.8 Å². The monoisotopic (exact) mass is 407 g/mol. The second kappa shape index (κ2) is 6.31. The molecule has 0 unspecified atom stereocenters. The summed E-state index contributed by atoms with van der Waals surface area (Å²) in [5, 5.41) is 6.66. The molecule has 2 aliphatic rings. The first-order valence-electron chi connectivity index (χ1n) is 9.23. The maximum atomic E-state index is 13.0. The first-order valence-corrected chi connectivity index (χ1v) is 10.7. The van der Waals surface area contributed by atoms with Crippen LogP contribution in [0.15, 0.2) is 59.5 Å². The first kappa shape index (κ1) is 17.7. The maximum absolute atomic E-state index is 13.0. The van der Waals surface area contributed by atoms with Crippen LogP contribution in [0.1, 0.15) is 23.2 Å². The molecule has 1 fully saturated rings. The number of carbonyl (C=O) groups is 2. The van der Waals surface area contributed by atoms with Gasteiger partial charge in [0.25, 0.3) is 15.9 Å². The van der Waals surface area contributed by atoms with E-state index < -0.39 is 10.0 Å². The molecule has 146 valence electrons. The Morgan fingerprint density at radius 3 is 2.41 bits per heavy atom. The van der Waals surface area contributed by atoms with Gasteiger partial charge in [-0.05, 0) is 55.3 Å². The van der Waals surface area contributed by atoms with Crippen LogP contribution in [0.4, 0.5) is 17.1 Å².